The molecule has 1 aliphatic heterocycles. The zero-order valence-corrected chi connectivity index (χ0v) is 36.0. The number of aryl methyl sites for hydroxylation is 1. The number of hydrogen-bond acceptors (Lipinski definition) is 13. The molecule has 6 rings (SSSR count). The highest BCUT2D eigenvalue weighted by atomic mass is 79.9. The Bertz CT molecular complexity index is 2240. The molecule has 1 atom stereocenters. The van der Waals surface area contributed by atoms with E-state index in [1.807, 2.05) is 18.1 Å². The van der Waals surface area contributed by atoms with Gasteiger partial charge in [-0.1, -0.05) is 0 Å². The number of carboxylic acid groups (broad SMARTS) is 1. The van der Waals surface area contributed by atoms with Gasteiger partial charge >= 0.3 is 18.4 Å². The lowest BCUT2D eigenvalue weighted by Gasteiger charge is -2.39. The minimum Gasteiger partial charge on any atom is -0.490 e. The number of carbonyl (C=O) groups excluding carboxylic acids is 1. The summed E-state index contributed by atoms with van der Waals surface area (Å²) in [7, 11) is 1.83. The number of alkyl halides is 3. The van der Waals surface area contributed by atoms with Crippen LogP contribution < -0.4 is 25.0 Å². The maximum atomic E-state index is 12.8. The van der Waals surface area contributed by atoms with Crippen molar-refractivity contribution >= 4 is 56.0 Å². The molecule has 2 amide bonds. The fourth-order valence-corrected chi connectivity index (χ4v) is 7.05. The summed E-state index contributed by atoms with van der Waals surface area (Å²) in [5.74, 6) is -0.630. The number of anilines is 3. The van der Waals surface area contributed by atoms with Crippen LogP contribution in [0.1, 0.15) is 6.42 Å². The van der Waals surface area contributed by atoms with E-state index >= 15 is 0 Å². The average Bonchev–Trinajstić information content (AvgIpc) is 3.69. The van der Waals surface area contributed by atoms with Crippen LogP contribution in [0.2, 0.25) is 0 Å². The Kier molecular flexibility index (Phi) is 17.3. The molecule has 0 radical (unpaired) electrons. The zero-order chi connectivity index (χ0) is 44.6. The maximum Gasteiger partial charge on any atom is 0.573 e. The number of benzene rings is 3. The molecule has 63 heavy (non-hydrogen) atoms. The number of ether oxygens (including phenoxy) is 6. The molecule has 0 saturated carbocycles. The van der Waals surface area contributed by atoms with Crippen LogP contribution in [0.15, 0.2) is 83.7 Å². The Morgan fingerprint density at radius 3 is 2.06 bits per heavy atom. The highest BCUT2D eigenvalue weighted by Crippen LogP contribution is 2.29. The van der Waals surface area contributed by atoms with Crippen LogP contribution in [0.5, 0.6) is 11.5 Å². The van der Waals surface area contributed by atoms with Crippen LogP contribution in [0.4, 0.5) is 35.0 Å². The first-order chi connectivity index (χ1) is 30.4. The molecule has 1 aliphatic rings. The molecule has 2 aromatic heterocycles. The van der Waals surface area contributed by atoms with Crippen LogP contribution >= 0.6 is 15.9 Å². The number of nitrogens with zero attached hydrogens (tertiary/aromatic N) is 6. The summed E-state index contributed by atoms with van der Waals surface area (Å²) >= 11 is 3.50. The summed E-state index contributed by atoms with van der Waals surface area (Å²) in [6.45, 7) is 5.20. The van der Waals surface area contributed by atoms with E-state index in [9.17, 15) is 27.9 Å². The number of aromatic nitrogens is 4. The molecule has 338 valence electrons. The zero-order valence-electron chi connectivity index (χ0n) is 34.4. The van der Waals surface area contributed by atoms with Gasteiger partial charge in [-0.25, -0.2) is 9.78 Å². The normalized spacial score (nSPS) is 13.8. The molecule has 3 aromatic carbocycles. The second-order valence-corrected chi connectivity index (χ2v) is 15.0. The summed E-state index contributed by atoms with van der Waals surface area (Å²) in [6.07, 6.45) is 0.424. The number of carbonyl (C=O) groups is 2. The van der Waals surface area contributed by atoms with Gasteiger partial charge in [0.1, 0.15) is 18.1 Å². The third kappa shape index (κ3) is 15.3. The molecule has 1 fully saturated rings. The lowest BCUT2D eigenvalue weighted by molar-refractivity contribution is -0.274. The highest BCUT2D eigenvalue weighted by Gasteiger charge is 2.31. The Hall–Kier alpha value is -5.58. The van der Waals surface area contributed by atoms with Crippen molar-refractivity contribution in [1.29, 1.82) is 0 Å². The Morgan fingerprint density at radius 2 is 1.44 bits per heavy atom. The maximum absolute atomic E-state index is 12.8. The van der Waals surface area contributed by atoms with Crippen molar-refractivity contribution in [3.63, 3.8) is 0 Å². The van der Waals surface area contributed by atoms with Crippen LogP contribution in [0.25, 0.3) is 22.3 Å². The number of hydrogen-bond donors (Lipinski definition) is 3. The highest BCUT2D eigenvalue weighted by molar-refractivity contribution is 9.10. The standard InChI is InChI=1S/C42H48BrF3N8O9/c1-52-27-29(25-48-52)38-26-47-36-8-2-31(23-37(36)51-38)50-41(57)49-30-3-9-39(35(43)22-30)62-21-20-60-17-16-58-14-15-59-18-19-61-28-33(24-40(55)56)54-12-10-53(11-13-54)32-4-6-34(7-5-32)63-42(44,45)46/h2-9,22-23,25-27,33H,10-21,24,28H2,1H3,(H,55,56)(H2,49,50,57). The summed E-state index contributed by atoms with van der Waals surface area (Å²) in [6, 6.07) is 15.4. The Labute approximate surface area is 369 Å². The van der Waals surface area contributed by atoms with Gasteiger partial charge in [-0.3, -0.25) is 19.4 Å². The first-order valence-corrected chi connectivity index (χ1v) is 20.8. The van der Waals surface area contributed by atoms with Gasteiger partial charge in [0.15, 0.2) is 0 Å². The predicted molar refractivity (Wildman–Crippen MR) is 230 cm³/mol. The predicted octanol–water partition coefficient (Wildman–Crippen LogP) is 6.45. The summed E-state index contributed by atoms with van der Waals surface area (Å²) < 4.78 is 72.0. The van der Waals surface area contributed by atoms with E-state index < -0.39 is 18.4 Å². The lowest BCUT2D eigenvalue weighted by atomic mass is 10.1. The van der Waals surface area contributed by atoms with E-state index in [4.69, 9.17) is 23.7 Å². The summed E-state index contributed by atoms with van der Waals surface area (Å²) in [5.41, 5.74) is 4.72. The van der Waals surface area contributed by atoms with Crippen molar-refractivity contribution in [1.82, 2.24) is 24.6 Å². The number of piperazine rings is 1. The van der Waals surface area contributed by atoms with Gasteiger partial charge in [0.25, 0.3) is 0 Å². The van der Waals surface area contributed by atoms with Crippen LogP contribution in [0.3, 0.4) is 0 Å². The molecule has 0 bridgehead atoms. The van der Waals surface area contributed by atoms with E-state index in [2.05, 4.69) is 51.3 Å². The van der Waals surface area contributed by atoms with Crippen molar-refractivity contribution in [3.8, 4) is 22.8 Å². The monoisotopic (exact) mass is 944 g/mol. The first kappa shape index (κ1) is 46.9. The molecular formula is C42H48BrF3N8O9. The minimum atomic E-state index is -4.75. The quantitative estimate of drug-likeness (QED) is 0.0608. The lowest BCUT2D eigenvalue weighted by Crippen LogP contribution is -2.52. The number of rotatable bonds is 23. The van der Waals surface area contributed by atoms with E-state index in [1.165, 1.54) is 12.1 Å². The van der Waals surface area contributed by atoms with Crippen molar-refractivity contribution in [2.45, 2.75) is 18.8 Å². The molecule has 0 spiro atoms. The van der Waals surface area contributed by atoms with Gasteiger partial charge in [0.05, 0.1) is 92.9 Å². The van der Waals surface area contributed by atoms with Crippen LogP contribution in [-0.2, 0) is 30.8 Å². The number of amides is 2. The Balaban J connectivity index is 0.778. The molecule has 3 heterocycles. The first-order valence-electron chi connectivity index (χ1n) is 20.0. The fourth-order valence-electron chi connectivity index (χ4n) is 6.56. The van der Waals surface area contributed by atoms with E-state index in [-0.39, 0.29) is 31.4 Å². The van der Waals surface area contributed by atoms with Crippen LogP contribution in [0, 0.1) is 0 Å². The molecule has 3 N–H and O–H groups in total. The summed E-state index contributed by atoms with van der Waals surface area (Å²) in [4.78, 5) is 37.5. The largest absolute Gasteiger partial charge is 0.573 e. The van der Waals surface area contributed by atoms with Gasteiger partial charge < -0.3 is 49.1 Å². The van der Waals surface area contributed by atoms with Gasteiger partial charge in [0.2, 0.25) is 0 Å². The number of urea groups is 1. The number of nitrogens with one attached hydrogen (secondary N) is 2. The third-order valence-electron chi connectivity index (χ3n) is 9.58. The second kappa shape index (κ2) is 23.2. The van der Waals surface area contributed by atoms with Crippen LogP contribution in [-0.4, -0.2) is 140 Å². The average molecular weight is 946 g/mol. The van der Waals surface area contributed by atoms with E-state index in [0.717, 1.165) is 11.3 Å². The third-order valence-corrected chi connectivity index (χ3v) is 10.2. The second-order valence-electron chi connectivity index (χ2n) is 14.2. The minimum absolute atomic E-state index is 0.0852. The van der Waals surface area contributed by atoms with Gasteiger partial charge in [-0.15, -0.1) is 13.2 Å². The summed E-state index contributed by atoms with van der Waals surface area (Å²) in [5, 5.41) is 19.3. The molecule has 1 saturated heterocycles. The molecule has 5 aromatic rings. The SMILES string of the molecule is Cn1cc(-c2cnc3ccc(NC(=O)Nc4ccc(OCCOCCOCCOCCOCC(CC(=O)O)N5CCN(c6ccc(OC(F)(F)F)cc6)CC5)c(Br)c4)cc3n2)cn1. The smallest absolute Gasteiger partial charge is 0.490 e. The topological polar surface area (TPSA) is 184 Å². The number of carboxylic acids is 1. The molecule has 17 nitrogen and oxygen atoms in total. The molecule has 21 heteroatoms. The number of fused-ring (bicyclic) bond motifs is 1. The number of aliphatic carboxylic acids is 1. The van der Waals surface area contributed by atoms with Crippen molar-refractivity contribution in [3.05, 3.63) is 83.7 Å². The van der Waals surface area contributed by atoms with E-state index in [1.54, 1.807) is 65.6 Å². The van der Waals surface area contributed by atoms with Crippen molar-refractivity contribution in [2.75, 3.05) is 101 Å². The molecule has 1 unspecified atom stereocenters. The van der Waals surface area contributed by atoms with Gasteiger partial charge in [-0.2, -0.15) is 5.10 Å². The van der Waals surface area contributed by atoms with Gasteiger partial charge in [0, 0.05) is 68.1 Å². The molecular weight excluding hydrogens is 897 g/mol. The van der Waals surface area contributed by atoms with Gasteiger partial charge in [-0.05, 0) is 76.6 Å². The fraction of sp³-hybridized carbons (Fsp3) is 0.405. The van der Waals surface area contributed by atoms with Crippen molar-refractivity contribution in [2.24, 2.45) is 7.05 Å². The molecule has 0 aliphatic carbocycles. The van der Waals surface area contributed by atoms with Crippen molar-refractivity contribution < 1.29 is 56.3 Å². The Morgan fingerprint density at radius 1 is 0.810 bits per heavy atom. The van der Waals surface area contributed by atoms with E-state index in [0.29, 0.717) is 111 Å². The number of halogens is 4.